The molecule has 94 valence electrons. The van der Waals surface area contributed by atoms with Crippen molar-refractivity contribution in [3.8, 4) is 0 Å². The maximum absolute atomic E-state index is 11.8. The van der Waals surface area contributed by atoms with E-state index in [1.807, 2.05) is 25.8 Å². The van der Waals surface area contributed by atoms with Crippen LogP contribution in [0.3, 0.4) is 0 Å². The lowest BCUT2D eigenvalue weighted by molar-refractivity contribution is -0.138. The Balaban J connectivity index is 2.22. The van der Waals surface area contributed by atoms with Crippen molar-refractivity contribution in [2.75, 3.05) is 33.3 Å². The molecule has 0 saturated carbocycles. The maximum atomic E-state index is 11.8. The lowest BCUT2D eigenvalue weighted by Crippen LogP contribution is -2.42. The van der Waals surface area contributed by atoms with E-state index in [4.69, 9.17) is 4.74 Å². The zero-order valence-electron chi connectivity index (χ0n) is 10.7. The highest BCUT2D eigenvalue weighted by Gasteiger charge is 2.22. The van der Waals surface area contributed by atoms with Crippen LogP contribution in [0.25, 0.3) is 0 Å². The lowest BCUT2D eigenvalue weighted by Gasteiger charge is -2.32. The van der Waals surface area contributed by atoms with Gasteiger partial charge in [-0.2, -0.15) is 0 Å². The van der Waals surface area contributed by atoms with E-state index in [0.717, 1.165) is 38.4 Å². The molecule has 0 aromatic rings. The zero-order chi connectivity index (χ0) is 12.0. The molecule has 0 aromatic heterocycles. The first-order valence-corrected chi connectivity index (χ1v) is 6.17. The predicted molar refractivity (Wildman–Crippen MR) is 64.3 cm³/mol. The summed E-state index contributed by atoms with van der Waals surface area (Å²) in [5, 5.41) is 3.19. The quantitative estimate of drug-likeness (QED) is 0.759. The van der Waals surface area contributed by atoms with Gasteiger partial charge in [0.15, 0.2) is 0 Å². The molecule has 4 heteroatoms. The summed E-state index contributed by atoms with van der Waals surface area (Å²) in [4.78, 5) is 13.7. The Morgan fingerprint density at radius 1 is 1.44 bits per heavy atom. The Kier molecular flexibility index (Phi) is 5.77. The number of ether oxygens (including phenoxy) is 1. The molecule has 1 saturated heterocycles. The summed E-state index contributed by atoms with van der Waals surface area (Å²) in [6.07, 6.45) is 2.34. The van der Waals surface area contributed by atoms with Crippen LogP contribution in [0.4, 0.5) is 0 Å². The molecule has 0 spiro atoms. The summed E-state index contributed by atoms with van der Waals surface area (Å²) in [5.74, 6) is 0.858. The Morgan fingerprint density at radius 3 is 2.56 bits per heavy atom. The molecule has 0 aliphatic carbocycles. The van der Waals surface area contributed by atoms with Gasteiger partial charge in [-0.15, -0.1) is 0 Å². The Hall–Kier alpha value is -0.610. The summed E-state index contributed by atoms with van der Waals surface area (Å²) in [5.41, 5.74) is 0. The molecule has 0 radical (unpaired) electrons. The maximum Gasteiger partial charge on any atom is 0.248 e. The van der Waals surface area contributed by atoms with Crippen LogP contribution in [0.5, 0.6) is 0 Å². The van der Waals surface area contributed by atoms with Crippen molar-refractivity contribution in [3.05, 3.63) is 0 Å². The number of nitrogens with one attached hydrogen (secondary N) is 1. The van der Waals surface area contributed by atoms with Gasteiger partial charge in [-0.25, -0.2) is 0 Å². The summed E-state index contributed by atoms with van der Waals surface area (Å²) in [7, 11) is 1.98. The van der Waals surface area contributed by atoms with Crippen LogP contribution in [-0.2, 0) is 9.53 Å². The third kappa shape index (κ3) is 4.49. The number of nitrogens with zero attached hydrogens (tertiary/aromatic N) is 1. The van der Waals surface area contributed by atoms with E-state index in [1.165, 1.54) is 0 Å². The van der Waals surface area contributed by atoms with Crippen LogP contribution >= 0.6 is 0 Å². The molecule has 1 amide bonds. The third-order valence-corrected chi connectivity index (χ3v) is 3.00. The van der Waals surface area contributed by atoms with Gasteiger partial charge in [0.05, 0.1) is 6.10 Å². The van der Waals surface area contributed by atoms with E-state index in [9.17, 15) is 4.79 Å². The summed E-state index contributed by atoms with van der Waals surface area (Å²) in [6, 6.07) is 0. The second-order valence-electron chi connectivity index (χ2n) is 4.74. The van der Waals surface area contributed by atoms with E-state index in [-0.39, 0.29) is 18.6 Å². The molecule has 16 heavy (non-hydrogen) atoms. The number of carbonyl (C=O) groups excluding carboxylic acids is 1. The average molecular weight is 228 g/mol. The molecule has 1 heterocycles. The van der Waals surface area contributed by atoms with Crippen molar-refractivity contribution in [2.45, 2.75) is 32.8 Å². The van der Waals surface area contributed by atoms with Gasteiger partial charge in [-0.1, -0.05) is 0 Å². The minimum Gasteiger partial charge on any atom is -0.369 e. The Labute approximate surface area is 98.3 Å². The molecular formula is C12H24N2O2. The number of hydrogen-bond acceptors (Lipinski definition) is 3. The Bertz CT molecular complexity index is 211. The van der Waals surface area contributed by atoms with Crippen LogP contribution in [0.1, 0.15) is 26.7 Å². The van der Waals surface area contributed by atoms with E-state index in [2.05, 4.69) is 5.32 Å². The van der Waals surface area contributed by atoms with Crippen molar-refractivity contribution in [2.24, 2.45) is 5.92 Å². The van der Waals surface area contributed by atoms with E-state index >= 15 is 0 Å². The van der Waals surface area contributed by atoms with E-state index in [0.29, 0.717) is 0 Å². The minimum absolute atomic E-state index is 0.130. The number of amides is 1. The fourth-order valence-corrected chi connectivity index (χ4v) is 2.00. The third-order valence-electron chi connectivity index (χ3n) is 3.00. The molecule has 1 fully saturated rings. The molecule has 4 nitrogen and oxygen atoms in total. The lowest BCUT2D eigenvalue weighted by atomic mass is 9.97. The topological polar surface area (TPSA) is 41.6 Å². The molecule has 1 aliphatic rings. The smallest absolute Gasteiger partial charge is 0.248 e. The van der Waals surface area contributed by atoms with E-state index in [1.54, 1.807) is 0 Å². The van der Waals surface area contributed by atoms with Crippen LogP contribution in [0.2, 0.25) is 0 Å². The number of carbonyl (C=O) groups is 1. The molecule has 1 aliphatic heterocycles. The number of likely N-dealkylation sites (tertiary alicyclic amines) is 1. The van der Waals surface area contributed by atoms with Gasteiger partial charge in [-0.05, 0) is 46.2 Å². The van der Waals surface area contributed by atoms with Gasteiger partial charge in [0.25, 0.3) is 0 Å². The molecule has 0 atom stereocenters. The van der Waals surface area contributed by atoms with Gasteiger partial charge < -0.3 is 15.0 Å². The normalized spacial score (nSPS) is 18.1. The minimum atomic E-state index is 0.130. The van der Waals surface area contributed by atoms with Crippen molar-refractivity contribution in [1.82, 2.24) is 10.2 Å². The van der Waals surface area contributed by atoms with Crippen molar-refractivity contribution in [3.63, 3.8) is 0 Å². The monoisotopic (exact) mass is 228 g/mol. The van der Waals surface area contributed by atoms with E-state index < -0.39 is 0 Å². The molecule has 1 rings (SSSR count). The molecule has 1 N–H and O–H groups in total. The standard InChI is InChI=1S/C12H24N2O2/c1-10(2)16-9-12(15)14-6-4-11(5-7-14)8-13-3/h10-11,13H,4-9H2,1-3H3. The summed E-state index contributed by atoms with van der Waals surface area (Å²) < 4.78 is 5.33. The second kappa shape index (κ2) is 6.86. The molecular weight excluding hydrogens is 204 g/mol. The number of rotatable bonds is 5. The molecule has 0 aromatic carbocycles. The van der Waals surface area contributed by atoms with Crippen molar-refractivity contribution >= 4 is 5.91 Å². The van der Waals surface area contributed by atoms with Crippen LogP contribution in [0.15, 0.2) is 0 Å². The largest absolute Gasteiger partial charge is 0.369 e. The average Bonchev–Trinajstić information content (AvgIpc) is 2.27. The van der Waals surface area contributed by atoms with Gasteiger partial charge in [0.1, 0.15) is 6.61 Å². The Morgan fingerprint density at radius 2 is 2.06 bits per heavy atom. The first-order chi connectivity index (χ1) is 7.63. The second-order valence-corrected chi connectivity index (χ2v) is 4.74. The molecule has 0 bridgehead atoms. The van der Waals surface area contributed by atoms with Crippen LogP contribution < -0.4 is 5.32 Å². The highest BCUT2D eigenvalue weighted by molar-refractivity contribution is 5.77. The van der Waals surface area contributed by atoms with Crippen LogP contribution in [0, 0.1) is 5.92 Å². The van der Waals surface area contributed by atoms with Gasteiger partial charge in [-0.3, -0.25) is 4.79 Å². The fourth-order valence-electron chi connectivity index (χ4n) is 2.00. The van der Waals surface area contributed by atoms with Gasteiger partial charge >= 0.3 is 0 Å². The van der Waals surface area contributed by atoms with Crippen molar-refractivity contribution < 1.29 is 9.53 Å². The van der Waals surface area contributed by atoms with Gasteiger partial charge in [0.2, 0.25) is 5.91 Å². The first-order valence-electron chi connectivity index (χ1n) is 6.17. The highest BCUT2D eigenvalue weighted by Crippen LogP contribution is 2.16. The predicted octanol–water partition coefficient (Wildman–Crippen LogP) is 0.869. The summed E-state index contributed by atoms with van der Waals surface area (Å²) >= 11 is 0. The molecule has 0 unspecified atom stereocenters. The van der Waals surface area contributed by atoms with Gasteiger partial charge in [0, 0.05) is 13.1 Å². The summed E-state index contributed by atoms with van der Waals surface area (Å²) in [6.45, 7) is 6.96. The SMILES string of the molecule is CNCC1CCN(C(=O)COC(C)C)CC1. The first kappa shape index (κ1) is 13.5. The van der Waals surface area contributed by atoms with Crippen LogP contribution in [-0.4, -0.2) is 50.2 Å². The number of piperidine rings is 1. The fraction of sp³-hybridized carbons (Fsp3) is 0.917. The van der Waals surface area contributed by atoms with Crippen molar-refractivity contribution in [1.29, 1.82) is 0 Å². The number of hydrogen-bond donors (Lipinski definition) is 1. The zero-order valence-corrected chi connectivity index (χ0v) is 10.7. The highest BCUT2D eigenvalue weighted by atomic mass is 16.5.